The number of methoxy groups -OCH3 is 2. The highest BCUT2D eigenvalue weighted by Gasteiger charge is 2.22. The Morgan fingerprint density at radius 2 is 2.00 bits per heavy atom. The quantitative estimate of drug-likeness (QED) is 0.670. The van der Waals surface area contributed by atoms with E-state index < -0.39 is 0 Å². The summed E-state index contributed by atoms with van der Waals surface area (Å²) in [6, 6.07) is 5.42. The van der Waals surface area contributed by atoms with E-state index in [1.54, 1.807) is 26.4 Å². The smallest absolute Gasteiger partial charge is 0.224 e. The van der Waals surface area contributed by atoms with Gasteiger partial charge in [0.1, 0.15) is 6.61 Å². The second-order valence-corrected chi connectivity index (χ2v) is 6.52. The molecule has 1 amide bonds. The van der Waals surface area contributed by atoms with Gasteiger partial charge in [0.05, 0.1) is 13.7 Å². The lowest BCUT2D eigenvalue weighted by molar-refractivity contribution is -0.117. The third-order valence-electron chi connectivity index (χ3n) is 4.69. The Morgan fingerprint density at radius 1 is 1.24 bits per heavy atom. The summed E-state index contributed by atoms with van der Waals surface area (Å²) in [6.07, 6.45) is 2.83. The molecule has 6 nitrogen and oxygen atoms in total. The van der Waals surface area contributed by atoms with Crippen molar-refractivity contribution in [2.24, 2.45) is 11.8 Å². The predicted octanol–water partition coefficient (Wildman–Crippen LogP) is 2.68. The molecule has 140 valence electrons. The van der Waals surface area contributed by atoms with Gasteiger partial charge in [0.2, 0.25) is 5.91 Å². The van der Waals surface area contributed by atoms with E-state index in [0.717, 1.165) is 31.6 Å². The molecule has 0 radical (unpaired) electrons. The Labute approximate surface area is 150 Å². The first-order valence-electron chi connectivity index (χ1n) is 8.94. The van der Waals surface area contributed by atoms with Gasteiger partial charge < -0.3 is 24.8 Å². The van der Waals surface area contributed by atoms with Crippen LogP contribution >= 0.6 is 0 Å². The number of hydrogen-bond donors (Lipinski definition) is 2. The molecule has 1 saturated heterocycles. The maximum atomic E-state index is 12.4. The fourth-order valence-electron chi connectivity index (χ4n) is 3.19. The maximum Gasteiger partial charge on any atom is 0.224 e. The van der Waals surface area contributed by atoms with Crippen molar-refractivity contribution >= 4 is 11.6 Å². The standard InChI is InChI=1S/C19H30N2O4/c1-14(15-6-8-20-9-7-15)12-19(22)21-16-4-5-17(24-3)18(13-16)25-11-10-23-2/h4-5,13-15,20H,6-12H2,1-3H3,(H,21,22). The molecule has 6 heteroatoms. The van der Waals surface area contributed by atoms with Gasteiger partial charge in [-0.05, 0) is 49.9 Å². The molecule has 1 aliphatic rings. The minimum absolute atomic E-state index is 0.0408. The molecular weight excluding hydrogens is 320 g/mol. The minimum atomic E-state index is 0.0408. The van der Waals surface area contributed by atoms with Crippen molar-refractivity contribution < 1.29 is 19.0 Å². The van der Waals surface area contributed by atoms with E-state index in [4.69, 9.17) is 14.2 Å². The Kier molecular flexibility index (Phi) is 8.01. The van der Waals surface area contributed by atoms with Gasteiger partial charge in [-0.2, -0.15) is 0 Å². The summed E-state index contributed by atoms with van der Waals surface area (Å²) in [5, 5.41) is 6.34. The summed E-state index contributed by atoms with van der Waals surface area (Å²) in [6.45, 7) is 5.20. The molecule has 1 aliphatic heterocycles. The zero-order chi connectivity index (χ0) is 18.1. The molecule has 1 unspecified atom stereocenters. The SMILES string of the molecule is COCCOc1cc(NC(=O)CC(C)C2CCNCC2)ccc1OC. The Bertz CT molecular complexity index is 544. The third-order valence-corrected chi connectivity index (χ3v) is 4.69. The van der Waals surface area contributed by atoms with Crippen LogP contribution in [0.5, 0.6) is 11.5 Å². The van der Waals surface area contributed by atoms with E-state index in [2.05, 4.69) is 17.6 Å². The van der Waals surface area contributed by atoms with Crippen molar-refractivity contribution in [3.63, 3.8) is 0 Å². The predicted molar refractivity (Wildman–Crippen MR) is 98.4 cm³/mol. The maximum absolute atomic E-state index is 12.4. The summed E-state index contributed by atoms with van der Waals surface area (Å²) >= 11 is 0. The van der Waals surface area contributed by atoms with Crippen LogP contribution in [0.1, 0.15) is 26.2 Å². The van der Waals surface area contributed by atoms with Crippen LogP contribution in [0.25, 0.3) is 0 Å². The van der Waals surface area contributed by atoms with Crippen molar-refractivity contribution in [1.29, 1.82) is 0 Å². The van der Waals surface area contributed by atoms with E-state index >= 15 is 0 Å². The molecule has 0 bridgehead atoms. The fraction of sp³-hybridized carbons (Fsp3) is 0.632. The van der Waals surface area contributed by atoms with Crippen LogP contribution in [0.4, 0.5) is 5.69 Å². The molecule has 0 saturated carbocycles. The third kappa shape index (κ3) is 6.21. The summed E-state index contributed by atoms with van der Waals surface area (Å²) in [4.78, 5) is 12.4. The number of hydrogen-bond acceptors (Lipinski definition) is 5. The van der Waals surface area contributed by atoms with Gasteiger partial charge >= 0.3 is 0 Å². The number of benzene rings is 1. The number of piperidine rings is 1. The van der Waals surface area contributed by atoms with Crippen LogP contribution < -0.4 is 20.1 Å². The number of carbonyl (C=O) groups excluding carboxylic acids is 1. The number of rotatable bonds is 9. The molecule has 0 aromatic heterocycles. The lowest BCUT2D eigenvalue weighted by atomic mass is 9.84. The highest BCUT2D eigenvalue weighted by Crippen LogP contribution is 2.31. The van der Waals surface area contributed by atoms with Crippen LogP contribution in [-0.4, -0.2) is 46.4 Å². The number of anilines is 1. The fourth-order valence-corrected chi connectivity index (χ4v) is 3.19. The molecule has 0 spiro atoms. The normalized spacial score (nSPS) is 16.3. The Morgan fingerprint density at radius 3 is 2.68 bits per heavy atom. The lowest BCUT2D eigenvalue weighted by Crippen LogP contribution is -2.32. The van der Waals surface area contributed by atoms with Crippen molar-refractivity contribution in [3.05, 3.63) is 18.2 Å². The number of amides is 1. The summed E-state index contributed by atoms with van der Waals surface area (Å²) in [7, 11) is 3.22. The molecule has 1 heterocycles. The number of ether oxygens (including phenoxy) is 3. The van der Waals surface area contributed by atoms with Gasteiger partial charge in [-0.15, -0.1) is 0 Å². The zero-order valence-corrected chi connectivity index (χ0v) is 15.5. The van der Waals surface area contributed by atoms with Crippen LogP contribution in [0, 0.1) is 11.8 Å². The van der Waals surface area contributed by atoms with Gasteiger partial charge in [-0.25, -0.2) is 0 Å². The molecule has 1 aromatic rings. The summed E-state index contributed by atoms with van der Waals surface area (Å²) in [5.74, 6) is 2.29. The minimum Gasteiger partial charge on any atom is -0.493 e. The van der Waals surface area contributed by atoms with E-state index in [9.17, 15) is 4.79 Å². The van der Waals surface area contributed by atoms with Crippen molar-refractivity contribution in [3.8, 4) is 11.5 Å². The molecule has 0 aliphatic carbocycles. The molecular formula is C19H30N2O4. The summed E-state index contributed by atoms with van der Waals surface area (Å²) in [5.41, 5.74) is 0.718. The Balaban J connectivity index is 1.91. The first-order valence-corrected chi connectivity index (χ1v) is 8.94. The molecule has 1 fully saturated rings. The zero-order valence-electron chi connectivity index (χ0n) is 15.5. The second-order valence-electron chi connectivity index (χ2n) is 6.52. The monoisotopic (exact) mass is 350 g/mol. The van der Waals surface area contributed by atoms with Gasteiger partial charge in [0, 0.05) is 25.3 Å². The highest BCUT2D eigenvalue weighted by atomic mass is 16.5. The van der Waals surface area contributed by atoms with Crippen LogP contribution in [0.3, 0.4) is 0 Å². The van der Waals surface area contributed by atoms with Crippen molar-refractivity contribution in [2.45, 2.75) is 26.2 Å². The molecule has 1 aromatic carbocycles. The van der Waals surface area contributed by atoms with Crippen LogP contribution in [-0.2, 0) is 9.53 Å². The van der Waals surface area contributed by atoms with Crippen molar-refractivity contribution in [2.75, 3.05) is 45.8 Å². The number of carbonyl (C=O) groups is 1. The largest absolute Gasteiger partial charge is 0.493 e. The van der Waals surface area contributed by atoms with Gasteiger partial charge in [0.15, 0.2) is 11.5 Å². The number of nitrogens with one attached hydrogen (secondary N) is 2. The average Bonchev–Trinajstić information content (AvgIpc) is 2.63. The highest BCUT2D eigenvalue weighted by molar-refractivity contribution is 5.91. The Hall–Kier alpha value is -1.79. The van der Waals surface area contributed by atoms with Gasteiger partial charge in [-0.1, -0.05) is 6.92 Å². The molecule has 2 N–H and O–H groups in total. The van der Waals surface area contributed by atoms with Gasteiger partial charge in [-0.3, -0.25) is 4.79 Å². The first-order chi connectivity index (χ1) is 12.1. The lowest BCUT2D eigenvalue weighted by Gasteiger charge is -2.27. The second kappa shape index (κ2) is 10.3. The topological polar surface area (TPSA) is 68.8 Å². The first kappa shape index (κ1) is 19.5. The van der Waals surface area contributed by atoms with E-state index in [0.29, 0.717) is 43.0 Å². The summed E-state index contributed by atoms with van der Waals surface area (Å²) < 4.78 is 15.9. The van der Waals surface area contributed by atoms with Crippen LogP contribution in [0.15, 0.2) is 18.2 Å². The van der Waals surface area contributed by atoms with E-state index in [-0.39, 0.29) is 5.91 Å². The average molecular weight is 350 g/mol. The molecule has 25 heavy (non-hydrogen) atoms. The van der Waals surface area contributed by atoms with Crippen molar-refractivity contribution in [1.82, 2.24) is 5.32 Å². The van der Waals surface area contributed by atoms with Gasteiger partial charge in [0.25, 0.3) is 0 Å². The molecule has 2 rings (SSSR count). The van der Waals surface area contributed by atoms with Crippen LogP contribution in [0.2, 0.25) is 0 Å². The molecule has 1 atom stereocenters. The van der Waals surface area contributed by atoms with E-state index in [1.165, 1.54) is 0 Å². The van der Waals surface area contributed by atoms with E-state index in [1.807, 2.05) is 6.07 Å².